The fourth-order valence-electron chi connectivity index (χ4n) is 4.17. The zero-order valence-corrected chi connectivity index (χ0v) is 21.1. The van der Waals surface area contributed by atoms with Crippen LogP contribution in [0.4, 0.5) is 11.4 Å². The Bertz CT molecular complexity index is 1830. The number of nitrogens with zero attached hydrogens (tertiary/aromatic N) is 4. The maximum Gasteiger partial charge on any atom is 0.291 e. The first-order chi connectivity index (χ1) is 17.9. The van der Waals surface area contributed by atoms with Crippen molar-refractivity contribution in [3.05, 3.63) is 103 Å². The van der Waals surface area contributed by atoms with Crippen LogP contribution >= 0.6 is 34.5 Å². The van der Waals surface area contributed by atoms with Crippen molar-refractivity contribution in [2.45, 2.75) is 0 Å². The molecule has 2 amide bonds. The molecule has 37 heavy (non-hydrogen) atoms. The fourth-order valence-corrected chi connectivity index (χ4v) is 5.49. The minimum absolute atomic E-state index is 0.216. The number of amides is 2. The topological polar surface area (TPSA) is 96.7 Å². The molecule has 5 aromatic rings. The summed E-state index contributed by atoms with van der Waals surface area (Å²) in [5.74, 6) is -0.458. The van der Waals surface area contributed by atoms with Gasteiger partial charge in [0.15, 0.2) is 5.82 Å². The Morgan fingerprint density at radius 1 is 0.946 bits per heavy atom. The predicted octanol–water partition coefficient (Wildman–Crippen LogP) is 4.03. The van der Waals surface area contributed by atoms with Crippen LogP contribution in [0.15, 0.2) is 77.6 Å². The molecule has 2 aromatic heterocycles. The molecule has 0 saturated heterocycles. The molecular formula is C26H15Cl2N5O3S. The number of hydrogen-bond acceptors (Lipinski definition) is 6. The third kappa shape index (κ3) is 4.17. The van der Waals surface area contributed by atoms with E-state index < -0.39 is 17.4 Å². The zero-order chi connectivity index (χ0) is 25.7. The Kier molecular flexibility index (Phi) is 5.75. The molecule has 0 atom stereocenters. The first-order valence-electron chi connectivity index (χ1n) is 11.1. The molecule has 0 fully saturated rings. The van der Waals surface area contributed by atoms with Crippen molar-refractivity contribution in [1.29, 1.82) is 0 Å². The van der Waals surface area contributed by atoms with Crippen LogP contribution in [0.3, 0.4) is 0 Å². The Labute approximate surface area is 223 Å². The van der Waals surface area contributed by atoms with Crippen molar-refractivity contribution in [2.24, 2.45) is 0 Å². The summed E-state index contributed by atoms with van der Waals surface area (Å²) >= 11 is 13.0. The van der Waals surface area contributed by atoms with Crippen molar-refractivity contribution >= 4 is 68.3 Å². The summed E-state index contributed by atoms with van der Waals surface area (Å²) < 4.78 is 1.41. The number of benzene rings is 3. The lowest BCUT2D eigenvalue weighted by atomic mass is 10.1. The van der Waals surface area contributed by atoms with E-state index >= 15 is 0 Å². The van der Waals surface area contributed by atoms with E-state index in [1.807, 2.05) is 0 Å². The first kappa shape index (κ1) is 23.4. The molecule has 11 heteroatoms. The monoisotopic (exact) mass is 547 g/mol. The second-order valence-electron chi connectivity index (χ2n) is 8.21. The quantitative estimate of drug-likeness (QED) is 0.366. The van der Waals surface area contributed by atoms with Crippen LogP contribution in [0.2, 0.25) is 10.0 Å². The summed E-state index contributed by atoms with van der Waals surface area (Å²) in [5.41, 5.74) is 2.13. The highest BCUT2D eigenvalue weighted by atomic mass is 35.5. The van der Waals surface area contributed by atoms with Crippen molar-refractivity contribution in [3.8, 4) is 11.4 Å². The molecular weight excluding hydrogens is 533 g/mol. The van der Waals surface area contributed by atoms with E-state index in [1.165, 1.54) is 9.42 Å². The summed E-state index contributed by atoms with van der Waals surface area (Å²) in [6, 6.07) is 20.8. The number of carbonyl (C=O) groups excluding carboxylic acids is 2. The molecule has 0 spiro atoms. The van der Waals surface area contributed by atoms with Gasteiger partial charge in [-0.2, -0.15) is 9.50 Å². The number of rotatable bonds is 4. The number of nitrogens with one attached hydrogen (secondary N) is 1. The van der Waals surface area contributed by atoms with E-state index in [0.717, 1.165) is 11.3 Å². The van der Waals surface area contributed by atoms with E-state index in [0.29, 0.717) is 43.3 Å². The average Bonchev–Trinajstić information content (AvgIpc) is 3.51. The molecule has 1 aliphatic heterocycles. The third-order valence-corrected chi connectivity index (χ3v) is 7.34. The molecule has 182 valence electrons. The summed E-state index contributed by atoms with van der Waals surface area (Å²) in [6.07, 6.45) is 0. The van der Waals surface area contributed by atoms with E-state index in [-0.39, 0.29) is 16.7 Å². The highest BCUT2D eigenvalue weighted by Gasteiger charge is 2.35. The van der Waals surface area contributed by atoms with Gasteiger partial charge in [-0.3, -0.25) is 19.3 Å². The highest BCUT2D eigenvalue weighted by molar-refractivity contribution is 7.15. The molecule has 0 unspecified atom stereocenters. The maximum absolute atomic E-state index is 13.6. The third-order valence-electron chi connectivity index (χ3n) is 5.82. The van der Waals surface area contributed by atoms with Gasteiger partial charge >= 0.3 is 0 Å². The minimum atomic E-state index is -0.448. The van der Waals surface area contributed by atoms with Gasteiger partial charge in [0.25, 0.3) is 11.5 Å². The van der Waals surface area contributed by atoms with Crippen molar-refractivity contribution in [2.75, 3.05) is 16.8 Å². The molecule has 6 rings (SSSR count). The number of carbonyl (C=O) groups is 2. The smallest absolute Gasteiger partial charge is 0.291 e. The lowest BCUT2D eigenvalue weighted by Gasteiger charge is -2.16. The van der Waals surface area contributed by atoms with Crippen LogP contribution in [-0.4, -0.2) is 33.0 Å². The van der Waals surface area contributed by atoms with Crippen molar-refractivity contribution in [1.82, 2.24) is 14.6 Å². The Morgan fingerprint density at radius 2 is 1.73 bits per heavy atom. The molecule has 0 aliphatic carbocycles. The van der Waals surface area contributed by atoms with Gasteiger partial charge in [-0.15, -0.1) is 5.10 Å². The van der Waals surface area contributed by atoms with Gasteiger partial charge in [-0.1, -0.05) is 58.8 Å². The number of thiazole rings is 1. The molecule has 0 bridgehead atoms. The van der Waals surface area contributed by atoms with Crippen molar-refractivity contribution in [3.63, 3.8) is 0 Å². The molecule has 1 aliphatic rings. The van der Waals surface area contributed by atoms with Crippen molar-refractivity contribution < 1.29 is 9.59 Å². The normalized spacial score (nSPS) is 14.3. The summed E-state index contributed by atoms with van der Waals surface area (Å²) in [6.45, 7) is -0.235. The van der Waals surface area contributed by atoms with Gasteiger partial charge in [-0.25, -0.2) is 0 Å². The summed E-state index contributed by atoms with van der Waals surface area (Å²) in [5, 5.41) is 8.17. The molecule has 1 N–H and O–H groups in total. The number of halogens is 2. The Balaban J connectivity index is 1.38. The largest absolute Gasteiger partial charge is 0.324 e. The van der Waals surface area contributed by atoms with Crippen LogP contribution in [0.25, 0.3) is 21.9 Å². The van der Waals surface area contributed by atoms with Crippen LogP contribution < -0.4 is 20.3 Å². The van der Waals surface area contributed by atoms with Crippen LogP contribution in [0, 0.1) is 0 Å². The zero-order valence-electron chi connectivity index (χ0n) is 18.8. The second-order valence-corrected chi connectivity index (χ2v) is 10.1. The fraction of sp³-hybridized carbons (Fsp3) is 0.0385. The van der Waals surface area contributed by atoms with E-state index in [2.05, 4.69) is 15.4 Å². The van der Waals surface area contributed by atoms with Gasteiger partial charge in [0.2, 0.25) is 10.9 Å². The van der Waals surface area contributed by atoms with Crippen LogP contribution in [0.1, 0.15) is 5.56 Å². The Hall–Kier alpha value is -4.05. The second kappa shape index (κ2) is 9.11. The van der Waals surface area contributed by atoms with Gasteiger partial charge in [-0.05, 0) is 48.5 Å². The highest BCUT2D eigenvalue weighted by Crippen LogP contribution is 2.35. The number of fused-ring (bicyclic) bond motifs is 2. The van der Waals surface area contributed by atoms with E-state index in [4.69, 9.17) is 23.2 Å². The number of anilines is 2. The van der Waals surface area contributed by atoms with Gasteiger partial charge in [0, 0.05) is 26.9 Å². The van der Waals surface area contributed by atoms with Crippen LogP contribution in [0.5, 0.6) is 0 Å². The maximum atomic E-state index is 13.6. The van der Waals surface area contributed by atoms with Gasteiger partial charge < -0.3 is 5.32 Å². The predicted molar refractivity (Wildman–Crippen MR) is 144 cm³/mol. The Morgan fingerprint density at radius 3 is 2.49 bits per heavy atom. The number of hydrogen-bond donors (Lipinski definition) is 1. The van der Waals surface area contributed by atoms with Gasteiger partial charge in [0.1, 0.15) is 11.1 Å². The minimum Gasteiger partial charge on any atom is -0.324 e. The van der Waals surface area contributed by atoms with Gasteiger partial charge in [0.05, 0.1) is 11.3 Å². The molecule has 0 saturated carbocycles. The van der Waals surface area contributed by atoms with Crippen LogP contribution in [-0.2, 0) is 9.59 Å². The lowest BCUT2D eigenvalue weighted by Crippen LogP contribution is -2.37. The summed E-state index contributed by atoms with van der Waals surface area (Å²) in [4.78, 5) is 45.9. The summed E-state index contributed by atoms with van der Waals surface area (Å²) in [7, 11) is 0. The first-order valence-corrected chi connectivity index (χ1v) is 12.6. The van der Waals surface area contributed by atoms with E-state index in [9.17, 15) is 14.4 Å². The standard InChI is InChI=1S/C26H15Cl2N5O3S/c27-15-10-8-14(9-11-15)23-30-26-33(31-23)25(36)22(37-26)21-18-6-1-2-7-19(18)32(24(21)35)13-20(34)29-17-5-3-4-16(28)12-17/h1-12H,13H2,(H,29,34). The molecule has 3 heterocycles. The lowest BCUT2D eigenvalue weighted by molar-refractivity contribution is -0.118. The molecule has 8 nitrogen and oxygen atoms in total. The molecule has 3 aromatic carbocycles. The average molecular weight is 548 g/mol. The number of aromatic nitrogens is 3. The SMILES string of the molecule is O=C(CN1C(=O)C(=c2sc3nc(-c4ccc(Cl)cc4)nn3c2=O)c2ccccc21)Nc1cccc(Cl)c1. The molecule has 0 radical (unpaired) electrons. The number of para-hydroxylation sites is 1. The van der Waals surface area contributed by atoms with E-state index in [1.54, 1.807) is 72.8 Å².